The highest BCUT2D eigenvalue weighted by Gasteiger charge is 2.40. The second kappa shape index (κ2) is 7.24. The van der Waals surface area contributed by atoms with Crippen LogP contribution in [0.15, 0.2) is 12.1 Å². The molecule has 24 heavy (non-hydrogen) atoms. The number of aryl methyl sites for hydroxylation is 3. The fourth-order valence-electron chi connectivity index (χ4n) is 4.56. The van der Waals surface area contributed by atoms with Crippen molar-refractivity contribution in [3.8, 4) is 0 Å². The summed E-state index contributed by atoms with van der Waals surface area (Å²) in [6.45, 7) is 9.74. The van der Waals surface area contributed by atoms with Crippen molar-refractivity contribution in [3.63, 3.8) is 0 Å². The Labute approximate surface area is 146 Å². The standard InChI is InChI=1S/C20H31N3O/c1-15-11-16(2)19(17(3)12-15)22-18(24)13-23-10-9-21-14-20(23)7-5-4-6-8-20/h11-12,21H,4-10,13-14H2,1-3H3,(H,22,24). The van der Waals surface area contributed by atoms with Gasteiger partial charge in [-0.1, -0.05) is 37.0 Å². The van der Waals surface area contributed by atoms with Gasteiger partial charge < -0.3 is 10.6 Å². The van der Waals surface area contributed by atoms with Crippen molar-refractivity contribution in [3.05, 3.63) is 28.8 Å². The third kappa shape index (κ3) is 3.65. The van der Waals surface area contributed by atoms with Crippen molar-refractivity contribution in [2.75, 3.05) is 31.5 Å². The summed E-state index contributed by atoms with van der Waals surface area (Å²) >= 11 is 0. The maximum absolute atomic E-state index is 12.7. The van der Waals surface area contributed by atoms with Crippen LogP contribution in [0.1, 0.15) is 48.8 Å². The van der Waals surface area contributed by atoms with E-state index in [4.69, 9.17) is 0 Å². The average Bonchev–Trinajstić information content (AvgIpc) is 2.54. The quantitative estimate of drug-likeness (QED) is 0.895. The predicted molar refractivity (Wildman–Crippen MR) is 99.5 cm³/mol. The van der Waals surface area contributed by atoms with Crippen LogP contribution in [0.25, 0.3) is 0 Å². The van der Waals surface area contributed by atoms with Crippen molar-refractivity contribution in [2.24, 2.45) is 0 Å². The number of carbonyl (C=O) groups excluding carboxylic acids is 1. The van der Waals surface area contributed by atoms with Crippen LogP contribution in [-0.2, 0) is 4.79 Å². The van der Waals surface area contributed by atoms with E-state index < -0.39 is 0 Å². The molecule has 0 radical (unpaired) electrons. The molecule has 1 aliphatic heterocycles. The van der Waals surface area contributed by atoms with Gasteiger partial charge in [0.1, 0.15) is 0 Å². The topological polar surface area (TPSA) is 44.4 Å². The van der Waals surface area contributed by atoms with E-state index in [0.717, 1.165) is 36.4 Å². The largest absolute Gasteiger partial charge is 0.324 e. The zero-order chi connectivity index (χ0) is 17.2. The summed E-state index contributed by atoms with van der Waals surface area (Å²) in [6, 6.07) is 4.27. The van der Waals surface area contributed by atoms with Crippen LogP contribution in [0.5, 0.6) is 0 Å². The smallest absolute Gasteiger partial charge is 0.238 e. The Bertz CT molecular complexity index is 574. The van der Waals surface area contributed by atoms with E-state index in [1.165, 1.54) is 37.7 Å². The number of hydrogen-bond acceptors (Lipinski definition) is 3. The molecule has 1 spiro atoms. The first-order valence-corrected chi connectivity index (χ1v) is 9.34. The summed E-state index contributed by atoms with van der Waals surface area (Å²) in [6.07, 6.45) is 6.35. The Hall–Kier alpha value is -1.39. The van der Waals surface area contributed by atoms with Gasteiger partial charge in [0.2, 0.25) is 5.91 Å². The van der Waals surface area contributed by atoms with Gasteiger partial charge in [-0.3, -0.25) is 9.69 Å². The second-order valence-electron chi connectivity index (χ2n) is 7.71. The van der Waals surface area contributed by atoms with Gasteiger partial charge in [-0.25, -0.2) is 0 Å². The van der Waals surface area contributed by atoms with E-state index in [2.05, 4.69) is 48.4 Å². The van der Waals surface area contributed by atoms with Crippen molar-refractivity contribution in [1.29, 1.82) is 0 Å². The molecule has 132 valence electrons. The van der Waals surface area contributed by atoms with E-state index in [1.54, 1.807) is 0 Å². The number of benzene rings is 1. The highest BCUT2D eigenvalue weighted by atomic mass is 16.2. The number of rotatable bonds is 3. The van der Waals surface area contributed by atoms with Crippen molar-refractivity contribution >= 4 is 11.6 Å². The Kier molecular flexibility index (Phi) is 5.26. The molecule has 4 nitrogen and oxygen atoms in total. The number of nitrogens with one attached hydrogen (secondary N) is 2. The third-order valence-electron chi connectivity index (χ3n) is 5.74. The number of carbonyl (C=O) groups is 1. The lowest BCUT2D eigenvalue weighted by molar-refractivity contribution is -0.120. The fraction of sp³-hybridized carbons (Fsp3) is 0.650. The maximum Gasteiger partial charge on any atom is 0.238 e. The number of amides is 1. The molecule has 3 rings (SSSR count). The highest BCUT2D eigenvalue weighted by Crippen LogP contribution is 2.34. The first kappa shape index (κ1) is 17.4. The van der Waals surface area contributed by atoms with E-state index in [-0.39, 0.29) is 11.4 Å². The molecule has 2 fully saturated rings. The molecule has 1 aromatic carbocycles. The molecule has 1 saturated heterocycles. The Morgan fingerprint density at radius 3 is 2.50 bits per heavy atom. The maximum atomic E-state index is 12.7. The van der Waals surface area contributed by atoms with Crippen molar-refractivity contribution in [1.82, 2.24) is 10.2 Å². The van der Waals surface area contributed by atoms with Crippen LogP contribution < -0.4 is 10.6 Å². The average molecular weight is 329 g/mol. The second-order valence-corrected chi connectivity index (χ2v) is 7.71. The number of nitrogens with zero attached hydrogens (tertiary/aromatic N) is 1. The Balaban J connectivity index is 1.69. The normalized spacial score (nSPS) is 21.0. The lowest BCUT2D eigenvalue weighted by atomic mass is 9.79. The monoisotopic (exact) mass is 329 g/mol. The minimum atomic E-state index is 0.122. The van der Waals surface area contributed by atoms with Gasteiger partial charge in [0, 0.05) is 30.9 Å². The van der Waals surface area contributed by atoms with Crippen LogP contribution in [0.4, 0.5) is 5.69 Å². The molecule has 1 aromatic rings. The molecule has 2 aliphatic rings. The first-order valence-electron chi connectivity index (χ1n) is 9.34. The van der Waals surface area contributed by atoms with Crippen LogP contribution >= 0.6 is 0 Å². The molecule has 4 heteroatoms. The minimum Gasteiger partial charge on any atom is -0.324 e. The highest BCUT2D eigenvalue weighted by molar-refractivity contribution is 5.93. The van der Waals surface area contributed by atoms with Gasteiger partial charge >= 0.3 is 0 Å². The number of piperazine rings is 1. The molecule has 1 saturated carbocycles. The van der Waals surface area contributed by atoms with Crippen LogP contribution in [0.2, 0.25) is 0 Å². The molecule has 0 unspecified atom stereocenters. The van der Waals surface area contributed by atoms with E-state index >= 15 is 0 Å². The van der Waals surface area contributed by atoms with Crippen molar-refractivity contribution < 1.29 is 4.79 Å². The number of hydrogen-bond donors (Lipinski definition) is 2. The molecule has 0 atom stereocenters. The summed E-state index contributed by atoms with van der Waals surface area (Å²) in [5, 5.41) is 6.72. The lowest BCUT2D eigenvalue weighted by Gasteiger charge is -2.49. The van der Waals surface area contributed by atoms with E-state index in [1.807, 2.05) is 0 Å². The van der Waals surface area contributed by atoms with Gasteiger partial charge in [0.15, 0.2) is 0 Å². The molecule has 1 amide bonds. The summed E-state index contributed by atoms with van der Waals surface area (Å²) < 4.78 is 0. The zero-order valence-electron chi connectivity index (χ0n) is 15.4. The summed E-state index contributed by atoms with van der Waals surface area (Å²) in [7, 11) is 0. The Morgan fingerprint density at radius 1 is 1.17 bits per heavy atom. The first-order chi connectivity index (χ1) is 11.5. The number of anilines is 1. The molecule has 1 heterocycles. The minimum absolute atomic E-state index is 0.122. The van der Waals surface area contributed by atoms with Crippen LogP contribution in [0, 0.1) is 20.8 Å². The zero-order valence-corrected chi connectivity index (χ0v) is 15.4. The molecular weight excluding hydrogens is 298 g/mol. The summed E-state index contributed by atoms with van der Waals surface area (Å²) in [5.41, 5.74) is 4.72. The molecular formula is C20H31N3O. The van der Waals surface area contributed by atoms with Crippen LogP contribution in [-0.4, -0.2) is 42.5 Å². The van der Waals surface area contributed by atoms with Gasteiger partial charge in [-0.2, -0.15) is 0 Å². The molecule has 1 aliphatic carbocycles. The SMILES string of the molecule is Cc1cc(C)c(NC(=O)CN2CCNCC23CCCCC3)c(C)c1. The van der Waals surface area contributed by atoms with Gasteiger partial charge in [0.05, 0.1) is 6.54 Å². The lowest BCUT2D eigenvalue weighted by Crippen LogP contribution is -2.63. The van der Waals surface area contributed by atoms with Gasteiger partial charge in [0.25, 0.3) is 0 Å². The van der Waals surface area contributed by atoms with E-state index in [9.17, 15) is 4.79 Å². The molecule has 0 bridgehead atoms. The third-order valence-corrected chi connectivity index (χ3v) is 5.74. The van der Waals surface area contributed by atoms with Crippen LogP contribution in [0.3, 0.4) is 0 Å². The molecule has 0 aromatic heterocycles. The fourth-order valence-corrected chi connectivity index (χ4v) is 4.56. The van der Waals surface area contributed by atoms with E-state index in [0.29, 0.717) is 6.54 Å². The van der Waals surface area contributed by atoms with Gasteiger partial charge in [-0.15, -0.1) is 0 Å². The van der Waals surface area contributed by atoms with Gasteiger partial charge in [-0.05, 0) is 44.7 Å². The summed E-state index contributed by atoms with van der Waals surface area (Å²) in [4.78, 5) is 15.2. The summed E-state index contributed by atoms with van der Waals surface area (Å²) in [5.74, 6) is 0.122. The predicted octanol–water partition coefficient (Wildman–Crippen LogP) is 3.16. The molecule has 2 N–H and O–H groups in total. The Morgan fingerprint density at radius 2 is 1.83 bits per heavy atom. The van der Waals surface area contributed by atoms with Crippen molar-refractivity contribution in [2.45, 2.75) is 58.4 Å².